The molecule has 2 N–H and O–H groups in total. The maximum atomic E-state index is 13.0. The highest BCUT2D eigenvalue weighted by molar-refractivity contribution is 6.46. The monoisotopic (exact) mass is 427 g/mol. The predicted octanol–water partition coefficient (Wildman–Crippen LogP) is 2.13. The second kappa shape index (κ2) is 10.1. The molecule has 3 rings (SSSR count). The van der Waals surface area contributed by atoms with Crippen LogP contribution >= 0.6 is 0 Å². The first-order valence-electron chi connectivity index (χ1n) is 9.77. The van der Waals surface area contributed by atoms with Gasteiger partial charge in [-0.25, -0.2) is 0 Å². The number of amides is 1. The number of aliphatic hydroxyl groups is 2. The van der Waals surface area contributed by atoms with Crippen molar-refractivity contribution in [2.24, 2.45) is 0 Å². The zero-order chi connectivity index (χ0) is 22.4. The number of carbonyl (C=O) groups is 2. The average Bonchev–Trinajstić information content (AvgIpc) is 3.06. The molecule has 0 aliphatic carbocycles. The van der Waals surface area contributed by atoms with E-state index in [1.54, 1.807) is 48.5 Å². The zero-order valence-electron chi connectivity index (χ0n) is 17.4. The first kappa shape index (κ1) is 22.3. The summed E-state index contributed by atoms with van der Waals surface area (Å²) in [6.45, 7) is 0.178. The second-order valence-corrected chi connectivity index (χ2v) is 6.80. The number of ether oxygens (including phenoxy) is 3. The lowest BCUT2D eigenvalue weighted by Crippen LogP contribution is -2.33. The fourth-order valence-electron chi connectivity index (χ4n) is 3.56. The summed E-state index contributed by atoms with van der Waals surface area (Å²) < 4.78 is 16.0. The Bertz CT molecular complexity index is 971. The smallest absolute Gasteiger partial charge is 0.295 e. The van der Waals surface area contributed by atoms with E-state index >= 15 is 0 Å². The zero-order valence-corrected chi connectivity index (χ0v) is 17.4. The largest absolute Gasteiger partial charge is 0.507 e. The van der Waals surface area contributed by atoms with Crippen molar-refractivity contribution in [2.45, 2.75) is 6.04 Å². The van der Waals surface area contributed by atoms with Crippen molar-refractivity contribution >= 4 is 17.4 Å². The SMILES string of the molecule is COc1ccc(C2C(=C(O)c3ccccc3)C(=O)C(=O)N2CCOCCO)c(OC)c1. The van der Waals surface area contributed by atoms with Gasteiger partial charge in [0.2, 0.25) is 0 Å². The molecule has 1 aliphatic rings. The number of aliphatic hydroxyl groups excluding tert-OH is 2. The summed E-state index contributed by atoms with van der Waals surface area (Å²) in [7, 11) is 3.00. The van der Waals surface area contributed by atoms with Crippen molar-refractivity contribution < 1.29 is 34.0 Å². The van der Waals surface area contributed by atoms with Crippen LogP contribution in [0.4, 0.5) is 0 Å². The Morgan fingerprint density at radius 1 is 1.03 bits per heavy atom. The van der Waals surface area contributed by atoms with Gasteiger partial charge in [0.15, 0.2) is 0 Å². The van der Waals surface area contributed by atoms with E-state index in [-0.39, 0.29) is 37.7 Å². The van der Waals surface area contributed by atoms with Crippen LogP contribution in [0.3, 0.4) is 0 Å². The van der Waals surface area contributed by atoms with Gasteiger partial charge in [-0.2, -0.15) is 0 Å². The minimum Gasteiger partial charge on any atom is -0.507 e. The minimum absolute atomic E-state index is 0.0261. The molecule has 0 spiro atoms. The molecule has 164 valence electrons. The van der Waals surface area contributed by atoms with E-state index in [1.165, 1.54) is 19.1 Å². The predicted molar refractivity (Wildman–Crippen MR) is 113 cm³/mol. The van der Waals surface area contributed by atoms with Gasteiger partial charge in [0.25, 0.3) is 11.7 Å². The molecule has 1 heterocycles. The van der Waals surface area contributed by atoms with Gasteiger partial charge in [0, 0.05) is 23.7 Å². The summed E-state index contributed by atoms with van der Waals surface area (Å²) in [5.41, 5.74) is 0.929. The van der Waals surface area contributed by atoms with E-state index in [1.807, 2.05) is 0 Å². The second-order valence-electron chi connectivity index (χ2n) is 6.80. The first-order valence-corrected chi connectivity index (χ1v) is 9.77. The van der Waals surface area contributed by atoms with Crippen LogP contribution in [0.25, 0.3) is 5.76 Å². The van der Waals surface area contributed by atoms with E-state index in [4.69, 9.17) is 19.3 Å². The van der Waals surface area contributed by atoms with Crippen LogP contribution in [0.15, 0.2) is 54.1 Å². The van der Waals surface area contributed by atoms with E-state index < -0.39 is 17.7 Å². The summed E-state index contributed by atoms with van der Waals surface area (Å²) in [5, 5.41) is 19.9. The number of ketones is 1. The first-order chi connectivity index (χ1) is 15.0. The molecule has 2 aromatic rings. The van der Waals surface area contributed by atoms with Crippen molar-refractivity contribution in [1.29, 1.82) is 0 Å². The molecule has 0 saturated carbocycles. The van der Waals surface area contributed by atoms with Gasteiger partial charge in [0.1, 0.15) is 17.3 Å². The molecule has 1 aliphatic heterocycles. The standard InChI is InChI=1S/C23H25NO7/c1-29-16-8-9-17(18(14-16)30-2)20-19(21(26)15-6-4-3-5-7-15)22(27)23(28)24(20)10-12-31-13-11-25/h3-9,14,20,25-26H,10-13H2,1-2H3. The number of benzene rings is 2. The van der Waals surface area contributed by atoms with Crippen molar-refractivity contribution in [3.8, 4) is 11.5 Å². The Balaban J connectivity index is 2.13. The van der Waals surface area contributed by atoms with Gasteiger partial charge in [-0.05, 0) is 12.1 Å². The molecular weight excluding hydrogens is 402 g/mol. The normalized spacial score (nSPS) is 17.8. The maximum Gasteiger partial charge on any atom is 0.295 e. The third-order valence-corrected chi connectivity index (χ3v) is 5.03. The summed E-state index contributed by atoms with van der Waals surface area (Å²) in [6, 6.07) is 12.8. The summed E-state index contributed by atoms with van der Waals surface area (Å²) >= 11 is 0. The number of carbonyl (C=O) groups excluding carboxylic acids is 2. The molecule has 1 fully saturated rings. The van der Waals surface area contributed by atoms with Crippen LogP contribution in [0.1, 0.15) is 17.2 Å². The number of rotatable bonds is 9. The topological polar surface area (TPSA) is 106 Å². The van der Waals surface area contributed by atoms with Crippen LogP contribution in [-0.2, 0) is 14.3 Å². The van der Waals surface area contributed by atoms with Gasteiger partial charge < -0.3 is 29.3 Å². The lowest BCUT2D eigenvalue weighted by atomic mass is 9.94. The van der Waals surface area contributed by atoms with Gasteiger partial charge in [0.05, 0.1) is 45.7 Å². The maximum absolute atomic E-state index is 13.0. The molecule has 2 aromatic carbocycles. The average molecular weight is 427 g/mol. The minimum atomic E-state index is -0.876. The fraction of sp³-hybridized carbons (Fsp3) is 0.304. The van der Waals surface area contributed by atoms with Crippen LogP contribution in [0.2, 0.25) is 0 Å². The Kier molecular flexibility index (Phi) is 7.28. The van der Waals surface area contributed by atoms with Crippen LogP contribution in [0.5, 0.6) is 11.5 Å². The van der Waals surface area contributed by atoms with Gasteiger partial charge in [-0.1, -0.05) is 30.3 Å². The fourth-order valence-corrected chi connectivity index (χ4v) is 3.56. The van der Waals surface area contributed by atoms with Crippen LogP contribution in [-0.4, -0.2) is 67.4 Å². The highest BCUT2D eigenvalue weighted by atomic mass is 16.5. The summed E-state index contributed by atoms with van der Waals surface area (Å²) in [5.74, 6) is -0.835. The van der Waals surface area contributed by atoms with E-state index in [2.05, 4.69) is 0 Å². The number of hydrogen-bond donors (Lipinski definition) is 2. The summed E-state index contributed by atoms with van der Waals surface area (Å²) in [4.78, 5) is 27.2. The highest BCUT2D eigenvalue weighted by Crippen LogP contribution is 2.43. The highest BCUT2D eigenvalue weighted by Gasteiger charge is 2.46. The number of hydrogen-bond acceptors (Lipinski definition) is 7. The molecule has 1 unspecified atom stereocenters. The molecule has 1 saturated heterocycles. The van der Waals surface area contributed by atoms with E-state index in [9.17, 15) is 14.7 Å². The van der Waals surface area contributed by atoms with Crippen molar-refractivity contribution in [1.82, 2.24) is 4.90 Å². The summed E-state index contributed by atoms with van der Waals surface area (Å²) in [6.07, 6.45) is 0. The Morgan fingerprint density at radius 3 is 2.42 bits per heavy atom. The van der Waals surface area contributed by atoms with Crippen LogP contribution in [0, 0.1) is 0 Å². The lowest BCUT2D eigenvalue weighted by Gasteiger charge is -2.26. The van der Waals surface area contributed by atoms with Crippen molar-refractivity contribution in [3.63, 3.8) is 0 Å². The molecule has 0 aromatic heterocycles. The molecule has 0 bridgehead atoms. The Morgan fingerprint density at radius 2 is 1.77 bits per heavy atom. The number of nitrogens with zero attached hydrogens (tertiary/aromatic N) is 1. The van der Waals surface area contributed by atoms with Crippen molar-refractivity contribution in [3.05, 3.63) is 65.2 Å². The molecule has 31 heavy (non-hydrogen) atoms. The Labute approximate surface area is 180 Å². The van der Waals surface area contributed by atoms with E-state index in [0.717, 1.165) is 0 Å². The van der Waals surface area contributed by atoms with Crippen molar-refractivity contribution in [2.75, 3.05) is 40.6 Å². The van der Waals surface area contributed by atoms with Gasteiger partial charge in [-0.3, -0.25) is 9.59 Å². The quantitative estimate of drug-likeness (QED) is 0.273. The van der Waals surface area contributed by atoms with Crippen LogP contribution < -0.4 is 9.47 Å². The number of likely N-dealkylation sites (tertiary alicyclic amines) is 1. The van der Waals surface area contributed by atoms with Gasteiger partial charge >= 0.3 is 0 Å². The number of Topliss-reactive ketones (excluding diaryl/α,β-unsaturated/α-hetero) is 1. The Hall–Kier alpha value is -3.36. The molecule has 1 amide bonds. The molecule has 8 nitrogen and oxygen atoms in total. The molecular formula is C23H25NO7. The van der Waals surface area contributed by atoms with Gasteiger partial charge in [-0.15, -0.1) is 0 Å². The third kappa shape index (κ3) is 4.55. The molecule has 0 radical (unpaired) electrons. The lowest BCUT2D eigenvalue weighted by molar-refractivity contribution is -0.140. The number of methoxy groups -OCH3 is 2. The molecule has 1 atom stereocenters. The third-order valence-electron chi connectivity index (χ3n) is 5.03. The molecule has 8 heteroatoms. The van der Waals surface area contributed by atoms with E-state index in [0.29, 0.717) is 22.6 Å².